The van der Waals surface area contributed by atoms with Crippen molar-refractivity contribution in [2.24, 2.45) is 0 Å². The molecule has 0 saturated carbocycles. The van der Waals surface area contributed by atoms with Gasteiger partial charge in [0.2, 0.25) is 0 Å². The summed E-state index contributed by atoms with van der Waals surface area (Å²) >= 11 is 0. The van der Waals surface area contributed by atoms with Gasteiger partial charge in [-0.3, -0.25) is 14.8 Å². The number of nitrogens with one attached hydrogen (secondary N) is 1. The summed E-state index contributed by atoms with van der Waals surface area (Å²) in [4.78, 5) is 9.75. The van der Waals surface area contributed by atoms with Crippen molar-refractivity contribution in [1.82, 2.24) is 0 Å². The number of benzene rings is 1. The number of nitrogens with zero attached hydrogens (tertiary/aromatic N) is 1. The number of aryl methyl sites for hydroxylation is 1. The Kier molecular flexibility index (Phi) is 5.36. The van der Waals surface area contributed by atoms with Crippen LogP contribution in [0.4, 0.5) is 11.4 Å². The van der Waals surface area contributed by atoms with Gasteiger partial charge in [0.1, 0.15) is 0 Å². The summed E-state index contributed by atoms with van der Waals surface area (Å²) in [5, 5.41) is 10.4. The van der Waals surface area contributed by atoms with Crippen molar-refractivity contribution < 1.29 is 47.5 Å². The molecule has 7 nitrogen and oxygen atoms in total. The molecule has 0 aliphatic carbocycles. The molecule has 1 rings (SSSR count). The van der Waals surface area contributed by atoms with Crippen LogP contribution in [0.1, 0.15) is 5.56 Å². The van der Waals surface area contributed by atoms with Gasteiger partial charge in [-0.2, -0.15) is 0 Å². The van der Waals surface area contributed by atoms with E-state index in [-0.39, 0.29) is 40.9 Å². The van der Waals surface area contributed by atoms with E-state index in [0.29, 0.717) is 5.56 Å². The van der Waals surface area contributed by atoms with E-state index in [0.717, 1.165) is 6.07 Å². The number of hydrogen-bond acceptors (Lipinski definition) is 5. The van der Waals surface area contributed by atoms with Crippen LogP contribution in [0.25, 0.3) is 0 Å². The number of nitro groups is 1. The third kappa shape index (κ3) is 4.45. The molecule has 0 heterocycles. The monoisotopic (exact) mass is 254 g/mol. The van der Waals surface area contributed by atoms with Crippen molar-refractivity contribution in [2.75, 3.05) is 4.72 Å². The predicted molar refractivity (Wildman–Crippen MR) is 51.2 cm³/mol. The Morgan fingerprint density at radius 2 is 1.94 bits per heavy atom. The maximum Gasteiger partial charge on any atom is 1.00 e. The molecule has 0 unspecified atom stereocenters. The molecule has 1 N–H and O–H groups in total. The molecule has 0 spiro atoms. The van der Waals surface area contributed by atoms with Crippen LogP contribution in [0.5, 0.6) is 0 Å². The molecule has 0 aliphatic rings. The maximum absolute atomic E-state index is 10.4. The Balaban J connectivity index is 0.00000225. The van der Waals surface area contributed by atoms with Crippen molar-refractivity contribution in [3.05, 3.63) is 33.9 Å². The molecule has 0 amide bonds. The van der Waals surface area contributed by atoms with Crippen LogP contribution in [-0.2, 0) is 10.3 Å². The van der Waals surface area contributed by atoms with Gasteiger partial charge >= 0.3 is 29.6 Å². The average Bonchev–Trinajstić information content (AvgIpc) is 2.05. The molecule has 0 aromatic heterocycles. The topological polar surface area (TPSA) is 112 Å². The fourth-order valence-corrected chi connectivity index (χ4v) is 1.51. The summed E-state index contributed by atoms with van der Waals surface area (Å²) in [5.41, 5.74) is 0.181. The molecule has 0 saturated heterocycles. The zero-order valence-electron chi connectivity index (χ0n) is 8.63. The number of non-ortho nitro benzene ring substituents is 1. The van der Waals surface area contributed by atoms with Gasteiger partial charge in [0.15, 0.2) is 10.3 Å². The van der Waals surface area contributed by atoms with Crippen LogP contribution in [-0.4, -0.2) is 17.9 Å². The summed E-state index contributed by atoms with van der Waals surface area (Å²) < 4.78 is 32.8. The van der Waals surface area contributed by atoms with Crippen molar-refractivity contribution in [1.29, 1.82) is 0 Å². The van der Waals surface area contributed by atoms with E-state index in [1.165, 1.54) is 19.1 Å². The second-order valence-electron chi connectivity index (χ2n) is 2.81. The fourth-order valence-electron chi connectivity index (χ4n) is 1.01. The van der Waals surface area contributed by atoms with Gasteiger partial charge in [-0.1, -0.05) is 0 Å². The first kappa shape index (κ1) is 15.3. The molecular formula is C7H7N2NaO5S. The first-order chi connectivity index (χ1) is 6.79. The molecule has 9 heteroatoms. The molecule has 16 heavy (non-hydrogen) atoms. The maximum atomic E-state index is 10.4. The smallest absolute Gasteiger partial charge is 0.731 e. The van der Waals surface area contributed by atoms with E-state index in [9.17, 15) is 23.1 Å². The predicted octanol–water partition coefficient (Wildman–Crippen LogP) is -2.22. The van der Waals surface area contributed by atoms with E-state index in [4.69, 9.17) is 0 Å². The number of nitro benzene ring substituents is 1. The van der Waals surface area contributed by atoms with Crippen LogP contribution < -0.4 is 34.3 Å². The minimum absolute atomic E-state index is 0. The van der Waals surface area contributed by atoms with Crippen molar-refractivity contribution in [3.63, 3.8) is 0 Å². The second kappa shape index (κ2) is 5.60. The van der Waals surface area contributed by atoms with E-state index >= 15 is 0 Å². The van der Waals surface area contributed by atoms with E-state index in [2.05, 4.69) is 0 Å². The third-order valence-corrected chi connectivity index (χ3v) is 2.13. The molecule has 82 valence electrons. The number of hydrogen-bond donors (Lipinski definition) is 1. The van der Waals surface area contributed by atoms with Crippen LogP contribution in [0.2, 0.25) is 0 Å². The van der Waals surface area contributed by atoms with E-state index in [1.807, 2.05) is 0 Å². The summed E-state index contributed by atoms with van der Waals surface area (Å²) in [6.07, 6.45) is 0. The van der Waals surface area contributed by atoms with Gasteiger partial charge < -0.3 is 4.55 Å². The number of rotatable bonds is 3. The number of anilines is 1. The normalized spacial score (nSPS) is 10.4. The molecule has 1 aromatic carbocycles. The first-order valence-electron chi connectivity index (χ1n) is 3.78. The van der Waals surface area contributed by atoms with Gasteiger partial charge in [-0.25, -0.2) is 8.42 Å². The van der Waals surface area contributed by atoms with Gasteiger partial charge in [-0.05, 0) is 18.6 Å². The molecule has 0 aliphatic heterocycles. The minimum Gasteiger partial charge on any atom is -0.731 e. The van der Waals surface area contributed by atoms with Gasteiger partial charge in [-0.15, -0.1) is 0 Å². The fraction of sp³-hybridized carbons (Fsp3) is 0.143. The molecular weight excluding hydrogens is 247 g/mol. The van der Waals surface area contributed by atoms with Gasteiger partial charge in [0, 0.05) is 12.1 Å². The minimum atomic E-state index is -4.60. The largest absolute Gasteiger partial charge is 1.00 e. The van der Waals surface area contributed by atoms with Crippen LogP contribution in [0, 0.1) is 17.0 Å². The molecule has 1 aromatic rings. The van der Waals surface area contributed by atoms with Crippen LogP contribution in [0.15, 0.2) is 18.2 Å². The summed E-state index contributed by atoms with van der Waals surface area (Å²) in [6.45, 7) is 1.46. The van der Waals surface area contributed by atoms with Crippen LogP contribution >= 0.6 is 0 Å². The standard InChI is InChI=1S/C7H8N2O5S.Na/c1-5-4-6(9(10)11)2-3-7(5)8-15(12,13)14;/h2-4,8H,1H3,(H,12,13,14);/q;+1/p-1. The van der Waals surface area contributed by atoms with Crippen LogP contribution in [0.3, 0.4) is 0 Å². The molecule has 0 fully saturated rings. The Morgan fingerprint density at radius 3 is 2.31 bits per heavy atom. The third-order valence-electron chi connectivity index (χ3n) is 1.66. The molecule has 0 radical (unpaired) electrons. The summed E-state index contributed by atoms with van der Waals surface area (Å²) in [6, 6.07) is 3.46. The van der Waals surface area contributed by atoms with E-state index < -0.39 is 15.2 Å². The quantitative estimate of drug-likeness (QED) is 0.284. The van der Waals surface area contributed by atoms with Gasteiger partial charge in [0.25, 0.3) is 5.69 Å². The Labute approximate surface area is 114 Å². The van der Waals surface area contributed by atoms with Gasteiger partial charge in [0.05, 0.1) is 10.6 Å². The van der Waals surface area contributed by atoms with Crippen molar-refractivity contribution in [2.45, 2.75) is 6.92 Å². The van der Waals surface area contributed by atoms with E-state index in [1.54, 1.807) is 4.72 Å². The van der Waals surface area contributed by atoms with Crippen molar-refractivity contribution >= 4 is 21.7 Å². The summed E-state index contributed by atoms with van der Waals surface area (Å²) in [7, 11) is -4.60. The molecule has 0 bridgehead atoms. The van der Waals surface area contributed by atoms with Crippen molar-refractivity contribution in [3.8, 4) is 0 Å². The second-order valence-corrected chi connectivity index (χ2v) is 3.92. The Morgan fingerprint density at radius 1 is 1.38 bits per heavy atom. The first-order valence-corrected chi connectivity index (χ1v) is 5.19. The Bertz CT molecular complexity index is 501. The Hall–Kier alpha value is -0.670. The zero-order valence-corrected chi connectivity index (χ0v) is 11.4. The average molecular weight is 254 g/mol. The summed E-state index contributed by atoms with van der Waals surface area (Å²) in [5.74, 6) is 0. The molecule has 0 atom stereocenters. The zero-order chi connectivity index (χ0) is 11.6. The SMILES string of the molecule is Cc1cc([N+](=O)[O-])ccc1NS(=O)(=O)[O-].[Na+].